The number of ketones is 1. The zero-order valence-corrected chi connectivity index (χ0v) is 15.7. The number of Topliss-reactive ketones (excluding diaryl/α,β-unsaturated/α-hetero) is 1. The Balaban J connectivity index is 2.12. The van der Waals surface area contributed by atoms with E-state index in [4.69, 9.17) is 9.47 Å². The molecule has 2 aliphatic carbocycles. The molecule has 1 aliphatic heterocycles. The number of aliphatic hydroxyl groups excluding tert-OH is 1. The standard InChI is InChI=1S/C20H26O6/c1-6-9(2)18(23)26-17-15-11(4)19(24)25-13(15)7-10(3)16-12(21)8-14(22)20(16,17)5/h6,10,12-13,15-17,21H,4,7-8H2,1-3,5H3/b9-6+/t10-,12+,13-,15+,16-,17+,20-/m1/s1. The number of carbonyl (C=O) groups excluding carboxylic acids is 3. The quantitative estimate of drug-likeness (QED) is 0.597. The molecule has 2 saturated carbocycles. The number of hydrogen-bond donors (Lipinski definition) is 1. The second-order valence-electron chi connectivity index (χ2n) is 8.01. The Bertz CT molecular complexity index is 707. The highest BCUT2D eigenvalue weighted by atomic mass is 16.6. The molecule has 1 saturated heterocycles. The molecule has 1 N–H and O–H groups in total. The van der Waals surface area contributed by atoms with Crippen LogP contribution in [0.5, 0.6) is 0 Å². The van der Waals surface area contributed by atoms with Crippen molar-refractivity contribution in [1.29, 1.82) is 0 Å². The van der Waals surface area contributed by atoms with Crippen LogP contribution in [0.4, 0.5) is 0 Å². The summed E-state index contributed by atoms with van der Waals surface area (Å²) in [6, 6.07) is 0. The van der Waals surface area contributed by atoms with Crippen molar-refractivity contribution < 1.29 is 29.0 Å². The Labute approximate surface area is 153 Å². The molecule has 0 spiro atoms. The average molecular weight is 362 g/mol. The molecular formula is C20H26O6. The molecular weight excluding hydrogens is 336 g/mol. The van der Waals surface area contributed by atoms with Gasteiger partial charge in [0.05, 0.1) is 17.4 Å². The first kappa shape index (κ1) is 18.8. The van der Waals surface area contributed by atoms with E-state index in [2.05, 4.69) is 6.58 Å². The molecule has 0 unspecified atom stereocenters. The molecule has 6 nitrogen and oxygen atoms in total. The number of aliphatic hydroxyl groups is 1. The van der Waals surface area contributed by atoms with Crippen LogP contribution < -0.4 is 0 Å². The summed E-state index contributed by atoms with van der Waals surface area (Å²) in [5.74, 6) is -2.21. The summed E-state index contributed by atoms with van der Waals surface area (Å²) in [6.45, 7) is 10.9. The second-order valence-corrected chi connectivity index (χ2v) is 8.01. The van der Waals surface area contributed by atoms with Crippen LogP contribution >= 0.6 is 0 Å². The van der Waals surface area contributed by atoms with Crippen LogP contribution in [0.25, 0.3) is 0 Å². The lowest BCUT2D eigenvalue weighted by atomic mass is 9.67. The number of ether oxygens (including phenoxy) is 2. The zero-order chi connectivity index (χ0) is 19.4. The third-order valence-electron chi connectivity index (χ3n) is 6.55. The van der Waals surface area contributed by atoms with Crippen LogP contribution in [0.1, 0.15) is 40.5 Å². The molecule has 26 heavy (non-hydrogen) atoms. The molecule has 0 aromatic rings. The predicted molar refractivity (Wildman–Crippen MR) is 92.8 cm³/mol. The van der Waals surface area contributed by atoms with Crippen LogP contribution in [0.2, 0.25) is 0 Å². The van der Waals surface area contributed by atoms with Crippen LogP contribution in [0.3, 0.4) is 0 Å². The minimum Gasteiger partial charge on any atom is -0.458 e. The maximum absolute atomic E-state index is 12.9. The fraction of sp³-hybridized carbons (Fsp3) is 0.650. The Morgan fingerprint density at radius 2 is 2.08 bits per heavy atom. The SMILES string of the molecule is C=C1C(=O)O[C@@H]2C[C@@H](C)[C@@H]3[C@@H](O)CC(=O)[C@@]3(C)[C@@H](OC(=O)/C(C)=C/C)[C@@H]12. The fourth-order valence-electron chi connectivity index (χ4n) is 5.07. The lowest BCUT2D eigenvalue weighted by Gasteiger charge is -2.40. The highest BCUT2D eigenvalue weighted by Gasteiger charge is 2.65. The van der Waals surface area contributed by atoms with Gasteiger partial charge in [-0.25, -0.2) is 9.59 Å². The van der Waals surface area contributed by atoms with Crippen molar-refractivity contribution in [3.63, 3.8) is 0 Å². The van der Waals surface area contributed by atoms with E-state index >= 15 is 0 Å². The molecule has 6 heteroatoms. The summed E-state index contributed by atoms with van der Waals surface area (Å²) in [7, 11) is 0. The van der Waals surface area contributed by atoms with E-state index in [0.717, 1.165) is 0 Å². The van der Waals surface area contributed by atoms with Gasteiger partial charge >= 0.3 is 11.9 Å². The van der Waals surface area contributed by atoms with Gasteiger partial charge in [-0.05, 0) is 33.1 Å². The van der Waals surface area contributed by atoms with Crippen molar-refractivity contribution in [3.8, 4) is 0 Å². The smallest absolute Gasteiger partial charge is 0.334 e. The van der Waals surface area contributed by atoms with Crippen LogP contribution in [-0.4, -0.2) is 41.1 Å². The summed E-state index contributed by atoms with van der Waals surface area (Å²) < 4.78 is 11.3. The van der Waals surface area contributed by atoms with Crippen molar-refractivity contribution in [3.05, 3.63) is 23.8 Å². The van der Waals surface area contributed by atoms with Gasteiger partial charge in [-0.3, -0.25) is 4.79 Å². The third kappa shape index (κ3) is 2.54. The number of rotatable bonds is 2. The van der Waals surface area contributed by atoms with Crippen LogP contribution in [0.15, 0.2) is 23.8 Å². The lowest BCUT2D eigenvalue weighted by molar-refractivity contribution is -0.162. The maximum Gasteiger partial charge on any atom is 0.334 e. The van der Waals surface area contributed by atoms with Gasteiger partial charge in [0, 0.05) is 23.5 Å². The normalized spacial score (nSPS) is 42.8. The van der Waals surface area contributed by atoms with Gasteiger partial charge in [0.1, 0.15) is 18.0 Å². The average Bonchev–Trinajstić information content (AvgIpc) is 2.94. The van der Waals surface area contributed by atoms with E-state index in [1.807, 2.05) is 6.92 Å². The molecule has 1 heterocycles. The summed E-state index contributed by atoms with van der Waals surface area (Å²) >= 11 is 0. The van der Waals surface area contributed by atoms with Gasteiger partial charge in [0.15, 0.2) is 0 Å². The first-order chi connectivity index (χ1) is 12.1. The third-order valence-corrected chi connectivity index (χ3v) is 6.55. The molecule has 3 fully saturated rings. The predicted octanol–water partition coefficient (Wildman–Crippen LogP) is 1.96. The summed E-state index contributed by atoms with van der Waals surface area (Å²) in [5.41, 5.74) is -0.436. The zero-order valence-electron chi connectivity index (χ0n) is 15.7. The highest BCUT2D eigenvalue weighted by molar-refractivity contribution is 5.94. The van der Waals surface area contributed by atoms with Gasteiger partial charge < -0.3 is 14.6 Å². The van der Waals surface area contributed by atoms with E-state index < -0.39 is 41.6 Å². The number of hydrogen-bond acceptors (Lipinski definition) is 6. The first-order valence-electron chi connectivity index (χ1n) is 9.07. The van der Waals surface area contributed by atoms with Gasteiger partial charge in [0.2, 0.25) is 0 Å². The minimum absolute atomic E-state index is 0.0286. The van der Waals surface area contributed by atoms with Gasteiger partial charge in [-0.2, -0.15) is 0 Å². The molecule has 0 radical (unpaired) electrons. The molecule has 142 valence electrons. The Morgan fingerprint density at radius 1 is 1.42 bits per heavy atom. The van der Waals surface area contributed by atoms with Crippen LogP contribution in [0, 0.1) is 23.2 Å². The largest absolute Gasteiger partial charge is 0.458 e. The molecule has 0 amide bonds. The maximum atomic E-state index is 12.9. The Kier molecular flexibility index (Phi) is 4.59. The van der Waals surface area contributed by atoms with E-state index in [0.29, 0.717) is 12.0 Å². The summed E-state index contributed by atoms with van der Waals surface area (Å²) in [4.78, 5) is 37.6. The van der Waals surface area contributed by atoms with Crippen molar-refractivity contribution in [2.75, 3.05) is 0 Å². The summed E-state index contributed by atoms with van der Waals surface area (Å²) in [6.07, 6.45) is -0.0358. The second kappa shape index (κ2) is 6.34. The Hall–Kier alpha value is -1.95. The first-order valence-corrected chi connectivity index (χ1v) is 9.07. The lowest BCUT2D eigenvalue weighted by Crippen LogP contribution is -2.50. The molecule has 3 aliphatic rings. The van der Waals surface area contributed by atoms with Gasteiger partial charge in [0.25, 0.3) is 0 Å². The van der Waals surface area contributed by atoms with Crippen molar-refractivity contribution >= 4 is 17.7 Å². The van der Waals surface area contributed by atoms with E-state index in [-0.39, 0.29) is 29.6 Å². The van der Waals surface area contributed by atoms with Crippen molar-refractivity contribution in [1.82, 2.24) is 0 Å². The molecule has 0 aromatic carbocycles. The fourth-order valence-corrected chi connectivity index (χ4v) is 5.07. The molecule has 0 aromatic heterocycles. The van der Waals surface area contributed by atoms with E-state index in [1.54, 1.807) is 26.8 Å². The van der Waals surface area contributed by atoms with Crippen molar-refractivity contribution in [2.45, 2.75) is 58.8 Å². The number of fused-ring (bicyclic) bond motifs is 2. The van der Waals surface area contributed by atoms with Gasteiger partial charge in [-0.15, -0.1) is 0 Å². The molecule has 3 rings (SSSR count). The summed E-state index contributed by atoms with van der Waals surface area (Å²) in [5, 5.41) is 10.5. The van der Waals surface area contributed by atoms with Crippen molar-refractivity contribution in [2.24, 2.45) is 23.2 Å². The topological polar surface area (TPSA) is 89.9 Å². The van der Waals surface area contributed by atoms with Crippen LogP contribution in [-0.2, 0) is 23.9 Å². The minimum atomic E-state index is -1.08. The number of carbonyl (C=O) groups is 3. The molecule has 7 atom stereocenters. The molecule has 0 bridgehead atoms. The van der Waals surface area contributed by atoms with E-state index in [9.17, 15) is 19.5 Å². The number of esters is 2. The Morgan fingerprint density at radius 3 is 2.69 bits per heavy atom. The van der Waals surface area contributed by atoms with E-state index in [1.165, 1.54) is 0 Å². The van der Waals surface area contributed by atoms with Gasteiger partial charge in [-0.1, -0.05) is 19.6 Å². The highest BCUT2D eigenvalue weighted by Crippen LogP contribution is 2.56. The number of allylic oxidation sites excluding steroid dienone is 1. The monoisotopic (exact) mass is 362 g/mol.